The van der Waals surface area contributed by atoms with Crippen LogP contribution in [0.2, 0.25) is 0 Å². The molecule has 0 aromatic heterocycles. The van der Waals surface area contributed by atoms with E-state index in [4.69, 9.17) is 0 Å². The highest BCUT2D eigenvalue weighted by Gasteiger charge is 2.28. The van der Waals surface area contributed by atoms with Crippen LogP contribution in [0.1, 0.15) is 39.2 Å². The van der Waals surface area contributed by atoms with Crippen molar-refractivity contribution in [1.29, 1.82) is 0 Å². The number of nitrogens with zero attached hydrogens (tertiary/aromatic N) is 2. The summed E-state index contributed by atoms with van der Waals surface area (Å²) in [5, 5.41) is 6.61. The Kier molecular flexibility index (Phi) is 10.8. The number of rotatable bonds is 7. The number of hydrogen-bond donors (Lipinski definition) is 2. The molecule has 1 atom stereocenters. The Morgan fingerprint density at radius 1 is 1.28 bits per heavy atom. The molecule has 1 heterocycles. The molecule has 0 amide bonds. The van der Waals surface area contributed by atoms with Crippen LogP contribution in [0.25, 0.3) is 0 Å². The van der Waals surface area contributed by atoms with Crippen LogP contribution in [0.3, 0.4) is 0 Å². The maximum absolute atomic E-state index is 12.8. The molecule has 29 heavy (non-hydrogen) atoms. The molecule has 166 valence electrons. The number of piperidine rings is 1. The van der Waals surface area contributed by atoms with E-state index in [0.29, 0.717) is 30.4 Å². The Morgan fingerprint density at radius 2 is 1.93 bits per heavy atom. The van der Waals surface area contributed by atoms with Gasteiger partial charge in [-0.3, -0.25) is 4.99 Å². The van der Waals surface area contributed by atoms with Gasteiger partial charge >= 0.3 is 0 Å². The second kappa shape index (κ2) is 11.8. The topological polar surface area (TPSA) is 73.8 Å². The van der Waals surface area contributed by atoms with Crippen molar-refractivity contribution in [2.75, 3.05) is 32.9 Å². The molecule has 0 spiro atoms. The van der Waals surface area contributed by atoms with Crippen LogP contribution in [0.5, 0.6) is 0 Å². The van der Waals surface area contributed by atoms with E-state index < -0.39 is 10.0 Å². The first-order valence-electron chi connectivity index (χ1n) is 9.77. The Balaban J connectivity index is 0.00000420. The van der Waals surface area contributed by atoms with E-state index in [-0.39, 0.29) is 28.7 Å². The highest BCUT2D eigenvalue weighted by Crippen LogP contribution is 2.23. The predicted octanol–water partition coefficient (Wildman–Crippen LogP) is 3.53. The summed E-state index contributed by atoms with van der Waals surface area (Å²) in [4.78, 5) is 4.62. The van der Waals surface area contributed by atoms with E-state index in [2.05, 4.69) is 42.7 Å². The van der Waals surface area contributed by atoms with Gasteiger partial charge in [0.15, 0.2) is 5.96 Å². The lowest BCUT2D eigenvalue weighted by molar-refractivity contribution is 0.281. The number of halogens is 1. The van der Waals surface area contributed by atoms with Gasteiger partial charge in [0.1, 0.15) is 0 Å². The van der Waals surface area contributed by atoms with Gasteiger partial charge < -0.3 is 10.6 Å². The molecule has 6 nitrogen and oxygen atoms in total. The average Bonchev–Trinajstić information content (AvgIpc) is 2.68. The van der Waals surface area contributed by atoms with Crippen molar-refractivity contribution in [1.82, 2.24) is 14.9 Å². The summed E-state index contributed by atoms with van der Waals surface area (Å²) in [5.74, 6) is 1.16. The lowest BCUT2D eigenvalue weighted by Crippen LogP contribution is -2.43. The second-order valence-electron chi connectivity index (χ2n) is 8.00. The van der Waals surface area contributed by atoms with Crippen LogP contribution in [0.4, 0.5) is 0 Å². The monoisotopic (exact) mass is 554 g/mol. The number of nitrogens with one attached hydrogen (secondary N) is 2. The van der Waals surface area contributed by atoms with Gasteiger partial charge in [-0.15, -0.1) is 24.0 Å². The molecule has 2 N–H and O–H groups in total. The first kappa shape index (κ1) is 26.5. The molecular weight excluding hydrogens is 519 g/mol. The smallest absolute Gasteiger partial charge is 0.243 e. The number of hydrogen-bond acceptors (Lipinski definition) is 4. The summed E-state index contributed by atoms with van der Waals surface area (Å²) < 4.78 is 27.4. The van der Waals surface area contributed by atoms with Crippen molar-refractivity contribution in [3.63, 3.8) is 0 Å². The fourth-order valence-electron chi connectivity index (χ4n) is 3.07. The number of thioether (sulfide) groups is 1. The average molecular weight is 555 g/mol. The van der Waals surface area contributed by atoms with Gasteiger partial charge in [-0.2, -0.15) is 16.1 Å². The van der Waals surface area contributed by atoms with Crippen LogP contribution < -0.4 is 10.6 Å². The zero-order valence-electron chi connectivity index (χ0n) is 18.1. The first-order chi connectivity index (χ1) is 13.2. The van der Waals surface area contributed by atoms with Crippen LogP contribution in [0.15, 0.2) is 34.2 Å². The van der Waals surface area contributed by atoms with Gasteiger partial charge in [-0.25, -0.2) is 8.42 Å². The molecule has 0 aliphatic carbocycles. The van der Waals surface area contributed by atoms with Gasteiger partial charge in [0.2, 0.25) is 10.0 Å². The molecule has 1 fully saturated rings. The molecule has 1 aliphatic heterocycles. The van der Waals surface area contributed by atoms with Gasteiger partial charge in [-0.1, -0.05) is 19.1 Å². The van der Waals surface area contributed by atoms with E-state index in [1.807, 2.05) is 12.1 Å². The largest absolute Gasteiger partial charge is 0.355 e. The van der Waals surface area contributed by atoms with Crippen molar-refractivity contribution in [2.24, 2.45) is 10.9 Å². The minimum absolute atomic E-state index is 0. The van der Waals surface area contributed by atoms with Gasteiger partial charge in [-0.05, 0) is 56.6 Å². The quantitative estimate of drug-likeness (QED) is 0.307. The third-order valence-electron chi connectivity index (χ3n) is 5.10. The molecule has 0 bridgehead atoms. The van der Waals surface area contributed by atoms with Gasteiger partial charge in [0.05, 0.1) is 4.90 Å². The Labute approximate surface area is 197 Å². The van der Waals surface area contributed by atoms with E-state index in [1.165, 1.54) is 0 Å². The fourth-order valence-corrected chi connectivity index (χ4v) is 4.88. The Hall–Kier alpha value is -0.520. The molecular formula is C20H35IN4O2S2. The Morgan fingerprint density at radius 3 is 2.48 bits per heavy atom. The highest BCUT2D eigenvalue weighted by molar-refractivity contribution is 14.0. The molecule has 0 saturated carbocycles. The number of guanidine groups is 1. The van der Waals surface area contributed by atoms with Crippen LogP contribution in [0, 0.1) is 5.92 Å². The zero-order chi connectivity index (χ0) is 20.8. The van der Waals surface area contributed by atoms with Crippen molar-refractivity contribution in [3.8, 4) is 0 Å². The summed E-state index contributed by atoms with van der Waals surface area (Å²) in [6, 6.07) is 7.15. The standard InChI is InChI=1S/C20H34N4O2S2.HI/c1-16-7-6-12-24(14-16)28(25,26)18-10-8-17(9-11-18)13-22-19(21-4)23-15-20(2,3)27-5;/h8-11,16H,6-7,12-15H2,1-5H3,(H2,21,22,23);1H. The van der Waals surface area contributed by atoms with Crippen molar-refractivity contribution in [3.05, 3.63) is 29.8 Å². The predicted molar refractivity (Wildman–Crippen MR) is 135 cm³/mol. The van der Waals surface area contributed by atoms with Crippen molar-refractivity contribution in [2.45, 2.75) is 49.8 Å². The van der Waals surface area contributed by atoms with E-state index in [9.17, 15) is 8.42 Å². The fraction of sp³-hybridized carbons (Fsp3) is 0.650. The summed E-state index contributed by atoms with van der Waals surface area (Å²) in [7, 11) is -1.65. The minimum Gasteiger partial charge on any atom is -0.355 e. The maximum Gasteiger partial charge on any atom is 0.243 e. The third-order valence-corrected chi connectivity index (χ3v) is 8.23. The second-order valence-corrected chi connectivity index (χ2v) is 11.4. The molecule has 9 heteroatoms. The van der Waals surface area contributed by atoms with Crippen LogP contribution in [-0.2, 0) is 16.6 Å². The SMILES string of the molecule is CN=C(NCc1ccc(S(=O)(=O)N2CCCC(C)C2)cc1)NCC(C)(C)SC.I. The van der Waals surface area contributed by atoms with E-state index in [0.717, 1.165) is 30.9 Å². The van der Waals surface area contributed by atoms with Crippen molar-refractivity contribution >= 4 is 51.7 Å². The van der Waals surface area contributed by atoms with E-state index >= 15 is 0 Å². The normalized spacial score (nSPS) is 18.8. The summed E-state index contributed by atoms with van der Waals surface area (Å²) in [6.07, 6.45) is 4.13. The molecule has 1 saturated heterocycles. The summed E-state index contributed by atoms with van der Waals surface area (Å²) in [5.41, 5.74) is 1.01. The zero-order valence-corrected chi connectivity index (χ0v) is 22.0. The molecule has 2 rings (SSSR count). The minimum atomic E-state index is -3.40. The lowest BCUT2D eigenvalue weighted by Gasteiger charge is -2.30. The van der Waals surface area contributed by atoms with Crippen molar-refractivity contribution < 1.29 is 8.42 Å². The van der Waals surface area contributed by atoms with Crippen LogP contribution >= 0.6 is 35.7 Å². The lowest BCUT2D eigenvalue weighted by atomic mass is 10.0. The maximum atomic E-state index is 12.8. The molecule has 1 aliphatic rings. The van der Waals surface area contributed by atoms with Gasteiger partial charge in [0.25, 0.3) is 0 Å². The van der Waals surface area contributed by atoms with Gasteiger partial charge in [0, 0.05) is 38.0 Å². The summed E-state index contributed by atoms with van der Waals surface area (Å²) in [6.45, 7) is 9.09. The molecule has 1 aromatic carbocycles. The molecule has 1 unspecified atom stereocenters. The molecule has 1 aromatic rings. The summed E-state index contributed by atoms with van der Waals surface area (Å²) >= 11 is 1.80. The number of sulfonamides is 1. The highest BCUT2D eigenvalue weighted by atomic mass is 127. The number of benzene rings is 1. The molecule has 0 radical (unpaired) electrons. The Bertz CT molecular complexity index is 767. The van der Waals surface area contributed by atoms with E-state index in [1.54, 1.807) is 35.2 Å². The number of aliphatic imine (C=N–C) groups is 1. The van der Waals surface area contributed by atoms with Crippen LogP contribution in [-0.4, -0.2) is 56.4 Å². The third kappa shape index (κ3) is 7.91. The first-order valence-corrected chi connectivity index (χ1v) is 12.4.